The van der Waals surface area contributed by atoms with Gasteiger partial charge in [-0.1, -0.05) is 12.2 Å². The Labute approximate surface area is 222 Å². The third-order valence-electron chi connectivity index (χ3n) is 6.45. The highest BCUT2D eigenvalue weighted by atomic mass is 16.7. The van der Waals surface area contributed by atoms with Crippen LogP contribution in [0, 0.1) is 0 Å². The summed E-state index contributed by atoms with van der Waals surface area (Å²) >= 11 is 0. The minimum atomic E-state index is -1.62. The molecular weight excluding hydrogens is 520 g/mol. The summed E-state index contributed by atoms with van der Waals surface area (Å²) in [6.45, 7) is -1.12. The van der Waals surface area contributed by atoms with Gasteiger partial charge in [0.2, 0.25) is 12.6 Å². The van der Waals surface area contributed by atoms with Crippen LogP contribution < -0.4 is 9.47 Å². The van der Waals surface area contributed by atoms with E-state index in [9.17, 15) is 46.0 Å². The monoisotopic (exact) mass is 552 g/mol. The Morgan fingerprint density at radius 1 is 0.744 bits per heavy atom. The summed E-state index contributed by atoms with van der Waals surface area (Å²) in [5.41, 5.74) is 0.822. The zero-order valence-electron chi connectivity index (χ0n) is 20.6. The minimum absolute atomic E-state index is 0.0366. The van der Waals surface area contributed by atoms with Gasteiger partial charge in [0.25, 0.3) is 0 Å². The van der Waals surface area contributed by atoms with E-state index in [2.05, 4.69) is 0 Å². The number of aliphatic hydroxyl groups excluding tert-OH is 7. The normalized spacial score (nSPS) is 33.3. The lowest BCUT2D eigenvalue weighted by Crippen LogP contribution is -2.60. The average molecular weight is 553 g/mol. The lowest BCUT2D eigenvalue weighted by Gasteiger charge is -2.39. The summed E-state index contributed by atoms with van der Waals surface area (Å²) in [5.74, 6) is -0.0575. The number of rotatable bonds is 8. The predicted octanol–water partition coefficient (Wildman–Crippen LogP) is -1.35. The molecule has 2 fully saturated rings. The molecule has 214 valence electrons. The van der Waals surface area contributed by atoms with Gasteiger partial charge in [-0.25, -0.2) is 0 Å². The zero-order chi connectivity index (χ0) is 28.3. The predicted molar refractivity (Wildman–Crippen MR) is 133 cm³/mol. The highest BCUT2D eigenvalue weighted by Crippen LogP contribution is 2.31. The van der Waals surface area contributed by atoms with Crippen LogP contribution >= 0.6 is 0 Å². The van der Waals surface area contributed by atoms with Gasteiger partial charge in [-0.15, -0.1) is 0 Å². The molecule has 0 spiro atoms. The van der Waals surface area contributed by atoms with Crippen molar-refractivity contribution in [3.8, 4) is 23.0 Å². The molecule has 2 aliphatic heterocycles. The number of hydrogen-bond donors (Lipinski definition) is 9. The van der Waals surface area contributed by atoms with Crippen molar-refractivity contribution >= 4 is 12.2 Å². The van der Waals surface area contributed by atoms with E-state index < -0.39 is 68.5 Å². The van der Waals surface area contributed by atoms with E-state index in [0.29, 0.717) is 11.1 Å². The van der Waals surface area contributed by atoms with Crippen molar-refractivity contribution in [2.24, 2.45) is 0 Å². The summed E-state index contributed by atoms with van der Waals surface area (Å²) in [6, 6.07) is 8.56. The minimum Gasteiger partial charge on any atom is -0.508 e. The van der Waals surface area contributed by atoms with Crippen molar-refractivity contribution in [1.29, 1.82) is 0 Å². The third-order valence-corrected chi connectivity index (χ3v) is 6.45. The van der Waals surface area contributed by atoms with E-state index in [4.69, 9.17) is 18.9 Å². The summed E-state index contributed by atoms with van der Waals surface area (Å²) in [4.78, 5) is 0. The number of aliphatic hydroxyl groups is 7. The molecule has 13 nitrogen and oxygen atoms in total. The maximum Gasteiger partial charge on any atom is 0.229 e. The molecule has 0 bridgehead atoms. The van der Waals surface area contributed by atoms with E-state index >= 15 is 0 Å². The van der Waals surface area contributed by atoms with E-state index in [1.165, 1.54) is 24.3 Å². The average Bonchev–Trinajstić information content (AvgIpc) is 2.90. The number of hydrogen-bond acceptors (Lipinski definition) is 13. The molecule has 4 unspecified atom stereocenters. The Morgan fingerprint density at radius 3 is 2.15 bits per heavy atom. The van der Waals surface area contributed by atoms with Gasteiger partial charge >= 0.3 is 0 Å². The number of ether oxygens (including phenoxy) is 4. The van der Waals surface area contributed by atoms with Gasteiger partial charge in [0.1, 0.15) is 59.6 Å². The molecule has 2 saturated heterocycles. The van der Waals surface area contributed by atoms with Gasteiger partial charge in [0.15, 0.2) is 0 Å². The van der Waals surface area contributed by atoms with E-state index in [1.807, 2.05) is 0 Å². The second-order valence-electron chi connectivity index (χ2n) is 9.33. The quantitative estimate of drug-likeness (QED) is 0.173. The van der Waals surface area contributed by atoms with Crippen LogP contribution in [0.15, 0.2) is 36.4 Å². The summed E-state index contributed by atoms with van der Waals surface area (Å²) in [6.07, 6.45) is -8.64. The van der Waals surface area contributed by atoms with Crippen LogP contribution in [-0.2, 0) is 9.47 Å². The third kappa shape index (κ3) is 6.78. The molecule has 9 atom stereocenters. The van der Waals surface area contributed by atoms with Crippen LogP contribution in [-0.4, -0.2) is 114 Å². The van der Waals surface area contributed by atoms with Crippen molar-refractivity contribution in [2.45, 2.75) is 61.7 Å². The first-order chi connectivity index (χ1) is 18.6. The fourth-order valence-electron chi connectivity index (χ4n) is 4.29. The first-order valence-corrected chi connectivity index (χ1v) is 12.2. The van der Waals surface area contributed by atoms with Crippen LogP contribution in [0.1, 0.15) is 17.5 Å². The van der Waals surface area contributed by atoms with Crippen LogP contribution in [0.3, 0.4) is 0 Å². The van der Waals surface area contributed by atoms with E-state index in [1.54, 1.807) is 24.3 Å². The molecule has 2 aromatic carbocycles. The number of phenolic OH excluding ortho intramolecular Hbond substituents is 2. The molecular formula is C26H32O13. The van der Waals surface area contributed by atoms with Gasteiger partial charge < -0.3 is 64.9 Å². The maximum atomic E-state index is 10.5. The molecule has 0 aromatic heterocycles. The molecule has 2 heterocycles. The number of benzene rings is 2. The topological polar surface area (TPSA) is 219 Å². The number of aromatic hydroxyl groups is 2. The number of phenols is 2. The Kier molecular flexibility index (Phi) is 9.27. The second-order valence-corrected chi connectivity index (χ2v) is 9.33. The summed E-state index contributed by atoms with van der Waals surface area (Å²) in [7, 11) is 0. The molecule has 4 rings (SSSR count). The van der Waals surface area contributed by atoms with Crippen LogP contribution in [0.2, 0.25) is 0 Å². The molecule has 2 aliphatic rings. The lowest BCUT2D eigenvalue weighted by molar-refractivity contribution is -0.277. The van der Waals surface area contributed by atoms with Gasteiger partial charge in [-0.2, -0.15) is 0 Å². The van der Waals surface area contributed by atoms with E-state index in [-0.39, 0.29) is 29.4 Å². The van der Waals surface area contributed by atoms with Crippen LogP contribution in [0.4, 0.5) is 0 Å². The largest absolute Gasteiger partial charge is 0.508 e. The smallest absolute Gasteiger partial charge is 0.229 e. The van der Waals surface area contributed by atoms with Crippen molar-refractivity contribution in [3.05, 3.63) is 47.5 Å². The van der Waals surface area contributed by atoms with E-state index in [0.717, 1.165) is 0 Å². The van der Waals surface area contributed by atoms with Gasteiger partial charge in [0.05, 0.1) is 19.3 Å². The standard InChI is InChI=1S/C26H32O13/c27-10-19-22(32)18(31)9-21(38-19)36-15-4-3-13(17(30)8-15)2-1-12-5-14(29)7-16(6-12)37-26-25(35)24(34)23(33)20(11-28)39-26/h1-8,18-35H,9-11H2/b2-1+/t18-,19+,20?,21?,22?,23+,24-,25?,26+/m0/s1. The Balaban J connectivity index is 1.43. The molecule has 0 amide bonds. The van der Waals surface area contributed by atoms with Crippen LogP contribution in [0.25, 0.3) is 12.2 Å². The maximum absolute atomic E-state index is 10.5. The van der Waals surface area contributed by atoms with Crippen molar-refractivity contribution in [3.63, 3.8) is 0 Å². The first kappa shape index (κ1) is 29.0. The molecule has 0 radical (unpaired) electrons. The van der Waals surface area contributed by atoms with Crippen molar-refractivity contribution < 1.29 is 64.9 Å². The van der Waals surface area contributed by atoms with Gasteiger partial charge in [0, 0.05) is 24.1 Å². The zero-order valence-corrected chi connectivity index (χ0v) is 20.6. The van der Waals surface area contributed by atoms with Crippen molar-refractivity contribution in [2.75, 3.05) is 13.2 Å². The summed E-state index contributed by atoms with van der Waals surface area (Å²) in [5, 5.41) is 89.0. The lowest BCUT2D eigenvalue weighted by atomic mass is 9.99. The Morgan fingerprint density at radius 2 is 1.46 bits per heavy atom. The molecule has 39 heavy (non-hydrogen) atoms. The van der Waals surface area contributed by atoms with Gasteiger partial charge in [-0.3, -0.25) is 0 Å². The summed E-state index contributed by atoms with van der Waals surface area (Å²) < 4.78 is 21.9. The Bertz CT molecular complexity index is 1140. The fourth-order valence-corrected chi connectivity index (χ4v) is 4.29. The first-order valence-electron chi connectivity index (χ1n) is 12.2. The fraction of sp³-hybridized carbons (Fsp3) is 0.462. The Hall–Kier alpha value is -2.98. The van der Waals surface area contributed by atoms with Crippen molar-refractivity contribution in [1.82, 2.24) is 0 Å². The SMILES string of the molecule is OCC1O[C@@H](Oc2cc(O)cc(/C=C/c3ccc(OC4C[C@H](O)C(O)[C@@H](CO)O4)cc3O)c2)C(O)[C@@H](O)[C@@H]1O. The molecule has 0 aliphatic carbocycles. The highest BCUT2D eigenvalue weighted by molar-refractivity contribution is 5.74. The highest BCUT2D eigenvalue weighted by Gasteiger charge is 2.44. The molecule has 2 aromatic rings. The van der Waals surface area contributed by atoms with Gasteiger partial charge in [-0.05, 0) is 29.8 Å². The second kappa shape index (κ2) is 12.5. The molecule has 9 N–H and O–H groups in total. The molecule has 13 heteroatoms. The molecule has 0 saturated carbocycles. The van der Waals surface area contributed by atoms with Crippen LogP contribution in [0.5, 0.6) is 23.0 Å².